The van der Waals surface area contributed by atoms with Gasteiger partial charge in [0.1, 0.15) is 17.6 Å². The lowest BCUT2D eigenvalue weighted by Gasteiger charge is -2.26. The number of aromatic nitrogens is 2. The average Bonchev–Trinajstić information content (AvgIpc) is 3.27. The number of ether oxygens (including phenoxy) is 1. The van der Waals surface area contributed by atoms with Crippen LogP contribution in [0.4, 0.5) is 5.82 Å². The van der Waals surface area contributed by atoms with E-state index < -0.39 is 12.1 Å². The van der Waals surface area contributed by atoms with Crippen LogP contribution in [0, 0.1) is 6.92 Å². The molecule has 2 aromatic heterocycles. The fraction of sp³-hybridized carbons (Fsp3) is 0.379. The van der Waals surface area contributed by atoms with Crippen LogP contribution in [0.2, 0.25) is 0 Å². The molecule has 2 amide bonds. The third-order valence-electron chi connectivity index (χ3n) is 7.20. The predicted octanol–water partition coefficient (Wildman–Crippen LogP) is 3.24. The van der Waals surface area contributed by atoms with Gasteiger partial charge in [0.25, 0.3) is 5.91 Å². The summed E-state index contributed by atoms with van der Waals surface area (Å²) >= 11 is 0. The Labute approximate surface area is 222 Å². The van der Waals surface area contributed by atoms with Crippen molar-refractivity contribution in [3.05, 3.63) is 77.1 Å². The number of nitrogens with one attached hydrogen (secondary N) is 2. The average molecular weight is 516 g/mol. The molecule has 2 aliphatic rings. The zero-order valence-electron chi connectivity index (χ0n) is 21.7. The molecule has 3 aromatic rings. The highest BCUT2D eigenvalue weighted by Crippen LogP contribution is 2.28. The van der Waals surface area contributed by atoms with Gasteiger partial charge in [0.15, 0.2) is 0 Å². The van der Waals surface area contributed by atoms with Gasteiger partial charge in [-0.15, -0.1) is 0 Å². The zero-order valence-corrected chi connectivity index (χ0v) is 21.7. The van der Waals surface area contributed by atoms with Gasteiger partial charge in [-0.25, -0.2) is 9.97 Å². The summed E-state index contributed by atoms with van der Waals surface area (Å²) in [5.41, 5.74) is 4.53. The molecule has 9 heteroatoms. The van der Waals surface area contributed by atoms with E-state index in [0.29, 0.717) is 24.0 Å². The Morgan fingerprint density at radius 3 is 2.76 bits per heavy atom. The topological polar surface area (TPSA) is 117 Å². The van der Waals surface area contributed by atoms with Gasteiger partial charge >= 0.3 is 0 Å². The van der Waals surface area contributed by atoms with Crippen LogP contribution in [-0.2, 0) is 16.1 Å². The van der Waals surface area contributed by atoms with Crippen molar-refractivity contribution in [3.8, 4) is 11.3 Å². The maximum atomic E-state index is 13.3. The lowest BCUT2D eigenvalue weighted by atomic mass is 10.0. The van der Waals surface area contributed by atoms with Crippen molar-refractivity contribution in [3.63, 3.8) is 0 Å². The number of pyridine rings is 2. The highest BCUT2D eigenvalue weighted by atomic mass is 16.5. The summed E-state index contributed by atoms with van der Waals surface area (Å²) in [4.78, 5) is 37.1. The first kappa shape index (κ1) is 25.8. The van der Waals surface area contributed by atoms with Gasteiger partial charge in [0.2, 0.25) is 5.91 Å². The Kier molecular flexibility index (Phi) is 7.67. The smallest absolute Gasteiger partial charge is 0.273 e. The van der Waals surface area contributed by atoms with Gasteiger partial charge in [-0.1, -0.05) is 35.9 Å². The van der Waals surface area contributed by atoms with Crippen LogP contribution in [-0.4, -0.2) is 63.7 Å². The van der Waals surface area contributed by atoms with E-state index in [1.54, 1.807) is 13.1 Å². The minimum absolute atomic E-state index is 0.238. The standard InChI is InChI=1S/C29H33N5O4/c1-18-4-3-5-20(14-18)25(17-35)33-28(36)19(2)34-16-22-6-7-24(32-27(22)29(34)37)21-8-11-30-26(15-21)31-23-9-12-38-13-10-23/h3-8,11,14-15,19,23,25,35H,9-10,12-13,16-17H2,1-2H3,(H,30,31)(H,33,36)/t19-,25-/m1/s1. The van der Waals surface area contributed by atoms with Gasteiger partial charge in [-0.05, 0) is 50.5 Å². The van der Waals surface area contributed by atoms with Crippen LogP contribution in [0.25, 0.3) is 11.3 Å². The second-order valence-electron chi connectivity index (χ2n) is 9.93. The number of aliphatic hydroxyl groups excluding tert-OH is 1. The van der Waals surface area contributed by atoms with Crippen molar-refractivity contribution in [2.24, 2.45) is 0 Å². The molecule has 2 atom stereocenters. The van der Waals surface area contributed by atoms with E-state index in [4.69, 9.17) is 4.74 Å². The number of amides is 2. The lowest BCUT2D eigenvalue weighted by molar-refractivity contribution is -0.126. The summed E-state index contributed by atoms with van der Waals surface area (Å²) in [6.07, 6.45) is 3.60. The number of carbonyl (C=O) groups excluding carboxylic acids is 2. The quantitative estimate of drug-likeness (QED) is 0.422. The molecule has 4 heterocycles. The monoisotopic (exact) mass is 515 g/mol. The van der Waals surface area contributed by atoms with Crippen LogP contribution in [0.3, 0.4) is 0 Å². The molecule has 5 rings (SSSR count). The number of rotatable bonds is 8. The largest absolute Gasteiger partial charge is 0.394 e. The molecule has 38 heavy (non-hydrogen) atoms. The molecule has 0 bridgehead atoms. The molecule has 1 fully saturated rings. The Morgan fingerprint density at radius 1 is 1.18 bits per heavy atom. The second-order valence-corrected chi connectivity index (χ2v) is 9.93. The van der Waals surface area contributed by atoms with Crippen molar-refractivity contribution >= 4 is 17.6 Å². The van der Waals surface area contributed by atoms with E-state index in [1.165, 1.54) is 4.90 Å². The van der Waals surface area contributed by atoms with Crippen molar-refractivity contribution in [2.75, 3.05) is 25.1 Å². The molecule has 0 aliphatic carbocycles. The first-order chi connectivity index (χ1) is 18.4. The summed E-state index contributed by atoms with van der Waals surface area (Å²) in [5.74, 6) is 0.155. The van der Waals surface area contributed by atoms with Crippen LogP contribution in [0.15, 0.2) is 54.7 Å². The van der Waals surface area contributed by atoms with Crippen LogP contribution >= 0.6 is 0 Å². The van der Waals surface area contributed by atoms with E-state index in [0.717, 1.165) is 54.1 Å². The fourth-order valence-electron chi connectivity index (χ4n) is 4.94. The molecule has 198 valence electrons. The number of anilines is 1. The summed E-state index contributed by atoms with van der Waals surface area (Å²) in [6, 6.07) is 14.3. The maximum Gasteiger partial charge on any atom is 0.273 e. The van der Waals surface area contributed by atoms with Gasteiger partial charge in [-0.3, -0.25) is 9.59 Å². The van der Waals surface area contributed by atoms with Crippen LogP contribution < -0.4 is 10.6 Å². The number of benzene rings is 1. The Balaban J connectivity index is 1.28. The predicted molar refractivity (Wildman–Crippen MR) is 143 cm³/mol. The summed E-state index contributed by atoms with van der Waals surface area (Å²) in [6.45, 7) is 5.20. The minimum atomic E-state index is -0.727. The van der Waals surface area contributed by atoms with E-state index >= 15 is 0 Å². The summed E-state index contributed by atoms with van der Waals surface area (Å²) in [7, 11) is 0. The van der Waals surface area contributed by atoms with E-state index in [-0.39, 0.29) is 18.4 Å². The zero-order chi connectivity index (χ0) is 26.6. The molecule has 9 nitrogen and oxygen atoms in total. The molecule has 0 radical (unpaired) electrons. The minimum Gasteiger partial charge on any atom is -0.394 e. The van der Waals surface area contributed by atoms with Crippen molar-refractivity contribution in [1.82, 2.24) is 20.2 Å². The molecule has 1 saturated heterocycles. The molecule has 3 N–H and O–H groups in total. The highest BCUT2D eigenvalue weighted by molar-refractivity contribution is 6.00. The third-order valence-corrected chi connectivity index (χ3v) is 7.20. The normalized spacial score (nSPS) is 17.1. The van der Waals surface area contributed by atoms with Crippen LogP contribution in [0.1, 0.15) is 53.0 Å². The molecule has 1 aromatic carbocycles. The number of fused-ring (bicyclic) bond motifs is 1. The fourth-order valence-corrected chi connectivity index (χ4v) is 4.94. The highest BCUT2D eigenvalue weighted by Gasteiger charge is 2.36. The van der Waals surface area contributed by atoms with Gasteiger partial charge in [0.05, 0.1) is 18.3 Å². The molecular weight excluding hydrogens is 482 g/mol. The van der Waals surface area contributed by atoms with E-state index in [1.807, 2.05) is 55.5 Å². The molecule has 0 saturated carbocycles. The lowest BCUT2D eigenvalue weighted by Crippen LogP contribution is -2.46. The Morgan fingerprint density at radius 2 is 2.00 bits per heavy atom. The second kappa shape index (κ2) is 11.3. The Bertz CT molecular complexity index is 1320. The number of aryl methyl sites for hydroxylation is 1. The number of hydrogen-bond donors (Lipinski definition) is 3. The number of carbonyl (C=O) groups is 2. The molecule has 2 aliphatic heterocycles. The van der Waals surface area contributed by atoms with Gasteiger partial charge < -0.3 is 25.4 Å². The SMILES string of the molecule is Cc1cccc([C@@H](CO)NC(=O)[C@@H](C)N2Cc3ccc(-c4ccnc(NC5CCOCC5)c4)nc3C2=O)c1. The first-order valence-corrected chi connectivity index (χ1v) is 13.0. The summed E-state index contributed by atoms with van der Waals surface area (Å²) < 4.78 is 5.43. The van der Waals surface area contributed by atoms with Crippen molar-refractivity contribution in [1.29, 1.82) is 0 Å². The third kappa shape index (κ3) is 5.54. The number of nitrogens with zero attached hydrogens (tertiary/aromatic N) is 3. The summed E-state index contributed by atoms with van der Waals surface area (Å²) in [5, 5.41) is 16.2. The van der Waals surface area contributed by atoms with Crippen molar-refractivity contribution in [2.45, 2.75) is 51.4 Å². The van der Waals surface area contributed by atoms with Gasteiger partial charge in [-0.2, -0.15) is 0 Å². The van der Waals surface area contributed by atoms with E-state index in [9.17, 15) is 14.7 Å². The first-order valence-electron chi connectivity index (χ1n) is 13.0. The molecule has 0 unspecified atom stereocenters. The van der Waals surface area contributed by atoms with Crippen LogP contribution in [0.5, 0.6) is 0 Å². The molecule has 0 spiro atoms. The Hall–Kier alpha value is -3.82. The van der Waals surface area contributed by atoms with Gasteiger partial charge in [0, 0.05) is 43.1 Å². The maximum absolute atomic E-state index is 13.3. The molecular formula is C29H33N5O4. The van der Waals surface area contributed by atoms with Crippen molar-refractivity contribution < 1.29 is 19.4 Å². The number of aliphatic hydroxyl groups is 1. The van der Waals surface area contributed by atoms with E-state index in [2.05, 4.69) is 20.6 Å². The number of hydrogen-bond acceptors (Lipinski definition) is 7.